The van der Waals surface area contributed by atoms with Gasteiger partial charge in [0, 0.05) is 50.9 Å². The number of nitrogens with one attached hydrogen (secondary N) is 1. The highest BCUT2D eigenvalue weighted by molar-refractivity contribution is 6.55. The zero-order valence-electron chi connectivity index (χ0n) is 28.6. The molecule has 0 saturated carbocycles. The van der Waals surface area contributed by atoms with E-state index in [0.717, 1.165) is 66.8 Å². The second-order valence-electron chi connectivity index (χ2n) is 12.7. The van der Waals surface area contributed by atoms with Gasteiger partial charge in [0.1, 0.15) is 0 Å². The molecule has 3 N–H and O–H groups in total. The van der Waals surface area contributed by atoms with Crippen molar-refractivity contribution in [2.45, 2.75) is 0 Å². The number of nitrogens with two attached hydrogens (primary N) is 1. The average molecular weight is 683 g/mol. The SMILES string of the molecule is N=C1C=Cc2c(-c3ccccc3)nc3ccc(-c4ccc(-c5nc(-c6ccccc6)nc(-c6ccccc6)n5)cc4)cc3c2C1=N[NH2+]c1ccccc1. The third kappa shape index (κ3) is 6.33. The molecule has 1 aliphatic rings. The van der Waals surface area contributed by atoms with E-state index in [4.69, 9.17) is 30.4 Å². The second-order valence-corrected chi connectivity index (χ2v) is 12.7. The van der Waals surface area contributed by atoms with Gasteiger partial charge in [-0.3, -0.25) is 5.41 Å². The van der Waals surface area contributed by atoms with Crippen LogP contribution in [-0.2, 0) is 0 Å². The van der Waals surface area contributed by atoms with Crippen LogP contribution in [0, 0.1) is 5.41 Å². The predicted octanol–water partition coefficient (Wildman–Crippen LogP) is 9.40. The van der Waals surface area contributed by atoms with Crippen molar-refractivity contribution in [3.05, 3.63) is 181 Å². The van der Waals surface area contributed by atoms with Crippen LogP contribution >= 0.6 is 0 Å². The van der Waals surface area contributed by atoms with Gasteiger partial charge < -0.3 is 0 Å². The number of allylic oxidation sites excluding steroid dienone is 1. The Hall–Kier alpha value is -7.22. The van der Waals surface area contributed by atoms with Gasteiger partial charge >= 0.3 is 0 Å². The fourth-order valence-corrected chi connectivity index (χ4v) is 6.63. The van der Waals surface area contributed by atoms with Gasteiger partial charge in [0.2, 0.25) is 0 Å². The van der Waals surface area contributed by atoms with Crippen LogP contribution in [0.2, 0.25) is 0 Å². The van der Waals surface area contributed by atoms with Crippen molar-refractivity contribution in [3.8, 4) is 56.5 Å². The molecule has 0 fully saturated rings. The van der Waals surface area contributed by atoms with Crippen LogP contribution in [0.4, 0.5) is 5.69 Å². The first kappa shape index (κ1) is 31.7. The molecular formula is C46H32N7+. The summed E-state index contributed by atoms with van der Waals surface area (Å²) in [5.41, 5.74) is 13.1. The van der Waals surface area contributed by atoms with Gasteiger partial charge in [0.05, 0.1) is 16.9 Å². The highest BCUT2D eigenvalue weighted by Crippen LogP contribution is 2.36. The largest absolute Gasteiger partial charge is 0.298 e. The van der Waals surface area contributed by atoms with Crippen LogP contribution in [0.3, 0.4) is 0 Å². The molecule has 7 nitrogen and oxygen atoms in total. The first-order chi connectivity index (χ1) is 26.2. The Morgan fingerprint density at radius 1 is 0.453 bits per heavy atom. The molecule has 2 aromatic heterocycles. The molecule has 7 heteroatoms. The van der Waals surface area contributed by atoms with E-state index in [1.54, 1.807) is 0 Å². The molecule has 0 spiro atoms. The lowest BCUT2D eigenvalue weighted by atomic mass is 9.87. The normalized spacial score (nSPS) is 13.0. The zero-order valence-corrected chi connectivity index (χ0v) is 28.6. The number of aromatic nitrogens is 4. The molecule has 0 amide bonds. The first-order valence-electron chi connectivity index (χ1n) is 17.4. The van der Waals surface area contributed by atoms with Crippen LogP contribution in [0.25, 0.3) is 73.5 Å². The Balaban J connectivity index is 1.15. The van der Waals surface area contributed by atoms with E-state index in [9.17, 15) is 0 Å². The fourth-order valence-electron chi connectivity index (χ4n) is 6.63. The number of hydrogen-bond acceptors (Lipinski definition) is 6. The lowest BCUT2D eigenvalue weighted by Gasteiger charge is -2.19. The van der Waals surface area contributed by atoms with Gasteiger partial charge in [-0.1, -0.05) is 145 Å². The van der Waals surface area contributed by atoms with Gasteiger partial charge in [-0.05, 0) is 35.4 Å². The van der Waals surface area contributed by atoms with Gasteiger partial charge in [-0.25, -0.2) is 19.9 Å². The molecule has 6 aromatic carbocycles. The van der Waals surface area contributed by atoms with Crippen LogP contribution < -0.4 is 5.43 Å². The van der Waals surface area contributed by atoms with E-state index in [-0.39, 0.29) is 0 Å². The number of rotatable bonds is 7. The zero-order chi connectivity index (χ0) is 35.6. The summed E-state index contributed by atoms with van der Waals surface area (Å²) in [5.74, 6) is 1.86. The second kappa shape index (κ2) is 13.8. The van der Waals surface area contributed by atoms with Crippen LogP contribution in [0.1, 0.15) is 11.1 Å². The van der Waals surface area contributed by atoms with Crippen molar-refractivity contribution in [1.29, 1.82) is 5.41 Å². The smallest absolute Gasteiger partial charge is 0.164 e. The van der Waals surface area contributed by atoms with E-state index < -0.39 is 0 Å². The number of fused-ring (bicyclic) bond motifs is 3. The number of nitrogens with zero attached hydrogens (tertiary/aromatic N) is 5. The molecule has 0 atom stereocenters. The molecule has 8 aromatic rings. The molecule has 2 heterocycles. The van der Waals surface area contributed by atoms with Crippen molar-refractivity contribution >= 4 is 34.1 Å². The molecule has 53 heavy (non-hydrogen) atoms. The molecule has 0 aliphatic heterocycles. The molecule has 0 saturated heterocycles. The Labute approximate surface area is 306 Å². The van der Waals surface area contributed by atoms with E-state index >= 15 is 0 Å². The summed E-state index contributed by atoms with van der Waals surface area (Å²) in [5, 5.41) is 14.9. The minimum atomic E-state index is 0.355. The predicted molar refractivity (Wildman–Crippen MR) is 214 cm³/mol. The van der Waals surface area contributed by atoms with E-state index in [1.165, 1.54) is 0 Å². The minimum Gasteiger partial charge on any atom is -0.298 e. The highest BCUT2D eigenvalue weighted by Gasteiger charge is 2.26. The lowest BCUT2D eigenvalue weighted by molar-refractivity contribution is -0.577. The fraction of sp³-hybridized carbons (Fsp3) is 0. The first-order valence-corrected chi connectivity index (χ1v) is 17.4. The summed E-state index contributed by atoms with van der Waals surface area (Å²) in [7, 11) is 0. The topological polar surface area (TPSA) is 104 Å². The van der Waals surface area contributed by atoms with Crippen LogP contribution in [0.5, 0.6) is 0 Å². The number of pyridine rings is 1. The quantitative estimate of drug-likeness (QED) is 0.0993. The summed E-state index contributed by atoms with van der Waals surface area (Å²) < 4.78 is 0. The van der Waals surface area contributed by atoms with Crippen LogP contribution in [0.15, 0.2) is 175 Å². The monoisotopic (exact) mass is 682 g/mol. The van der Waals surface area contributed by atoms with Crippen LogP contribution in [-0.4, -0.2) is 31.4 Å². The molecule has 250 valence electrons. The highest BCUT2D eigenvalue weighted by atomic mass is 15.3. The Morgan fingerprint density at radius 3 is 1.53 bits per heavy atom. The van der Waals surface area contributed by atoms with Gasteiger partial charge in [-0.2, -0.15) is 5.43 Å². The summed E-state index contributed by atoms with van der Waals surface area (Å²) in [6.45, 7) is 0. The van der Waals surface area contributed by atoms with Crippen molar-refractivity contribution in [2.24, 2.45) is 5.10 Å². The molecule has 9 rings (SSSR count). The van der Waals surface area contributed by atoms with Gasteiger partial charge in [-0.15, -0.1) is 0 Å². The average Bonchev–Trinajstić information content (AvgIpc) is 3.24. The van der Waals surface area contributed by atoms with Crippen molar-refractivity contribution in [2.75, 3.05) is 0 Å². The summed E-state index contributed by atoms with van der Waals surface area (Å²) in [6.07, 6.45) is 3.81. The maximum absolute atomic E-state index is 8.98. The maximum atomic E-state index is 8.98. The lowest BCUT2D eigenvalue weighted by Crippen LogP contribution is -2.72. The number of hydrogen-bond donors (Lipinski definition) is 2. The molecule has 1 aliphatic carbocycles. The third-order valence-electron chi connectivity index (χ3n) is 9.30. The number of quaternary nitrogens is 1. The molecule has 0 unspecified atom stereocenters. The third-order valence-corrected chi connectivity index (χ3v) is 9.30. The Bertz CT molecular complexity index is 2620. The molecule has 0 radical (unpaired) electrons. The summed E-state index contributed by atoms with van der Waals surface area (Å²) >= 11 is 0. The molecular weight excluding hydrogens is 651 g/mol. The summed E-state index contributed by atoms with van der Waals surface area (Å²) in [6, 6.07) is 54.8. The van der Waals surface area contributed by atoms with Crippen molar-refractivity contribution < 1.29 is 5.43 Å². The molecule has 0 bridgehead atoms. The summed E-state index contributed by atoms with van der Waals surface area (Å²) in [4.78, 5) is 19.8. The van der Waals surface area contributed by atoms with E-state index in [2.05, 4.69) is 54.6 Å². The van der Waals surface area contributed by atoms with Gasteiger partial charge in [0.25, 0.3) is 0 Å². The van der Waals surface area contributed by atoms with Crippen molar-refractivity contribution in [3.63, 3.8) is 0 Å². The minimum absolute atomic E-state index is 0.355. The Kier molecular flexibility index (Phi) is 8.28. The maximum Gasteiger partial charge on any atom is 0.164 e. The Morgan fingerprint density at radius 2 is 0.943 bits per heavy atom. The van der Waals surface area contributed by atoms with Crippen molar-refractivity contribution in [1.82, 2.24) is 19.9 Å². The standard InChI is InChI=1S/C46H31N7/c47-39-27-26-37-41(43(39)53-52-36-19-11-4-12-20-36)38-29-35(25-28-40(38)48-42(37)31-13-5-1-6-14-31)30-21-23-34(24-22-30)46-50-44(32-15-7-2-8-16-32)49-45(51-46)33-17-9-3-10-18-33/h1-29,47,52H/p+1. The number of benzene rings is 6. The van der Waals surface area contributed by atoms with E-state index in [0.29, 0.717) is 28.9 Å². The van der Waals surface area contributed by atoms with E-state index in [1.807, 2.05) is 127 Å². The van der Waals surface area contributed by atoms with Gasteiger partial charge in [0.15, 0.2) is 28.9 Å².